The first-order chi connectivity index (χ1) is 6.68. The molecule has 0 N–H and O–H groups in total. The Kier molecular flexibility index (Phi) is 2.54. The van der Waals surface area contributed by atoms with Crippen LogP contribution in [0.4, 0.5) is 4.39 Å². The molecular formula is C10H7FINO. The van der Waals surface area contributed by atoms with E-state index in [9.17, 15) is 4.39 Å². The van der Waals surface area contributed by atoms with E-state index in [1.54, 1.807) is 18.3 Å². The molecule has 2 rings (SSSR count). The van der Waals surface area contributed by atoms with Crippen molar-refractivity contribution >= 4 is 22.6 Å². The fourth-order valence-electron chi connectivity index (χ4n) is 1.15. The van der Waals surface area contributed by atoms with Crippen molar-refractivity contribution in [2.24, 2.45) is 0 Å². The zero-order valence-corrected chi connectivity index (χ0v) is 9.58. The topological polar surface area (TPSA) is 26.0 Å². The van der Waals surface area contributed by atoms with E-state index < -0.39 is 0 Å². The first-order valence-corrected chi connectivity index (χ1v) is 5.13. The predicted octanol–water partition coefficient (Wildman–Crippen LogP) is 3.39. The molecule has 72 valence electrons. The Balaban J connectivity index is 2.57. The molecule has 1 heterocycles. The molecule has 0 atom stereocenters. The van der Waals surface area contributed by atoms with Crippen LogP contribution >= 0.6 is 22.6 Å². The molecule has 0 spiro atoms. The van der Waals surface area contributed by atoms with Gasteiger partial charge < -0.3 is 4.42 Å². The summed E-state index contributed by atoms with van der Waals surface area (Å²) in [6, 6.07) is 4.85. The maximum atomic E-state index is 13.2. The van der Waals surface area contributed by atoms with Crippen LogP contribution in [0.15, 0.2) is 28.8 Å². The molecule has 0 saturated heterocycles. The zero-order chi connectivity index (χ0) is 10.1. The van der Waals surface area contributed by atoms with Crippen molar-refractivity contribution in [1.29, 1.82) is 0 Å². The second kappa shape index (κ2) is 3.68. The van der Waals surface area contributed by atoms with E-state index in [1.165, 1.54) is 6.07 Å². The summed E-state index contributed by atoms with van der Waals surface area (Å²) in [4.78, 5) is 4.05. The number of nitrogens with zero attached hydrogens (tertiary/aromatic N) is 1. The van der Waals surface area contributed by atoms with Crippen LogP contribution in [0.5, 0.6) is 0 Å². The van der Waals surface area contributed by atoms with Gasteiger partial charge in [0.15, 0.2) is 0 Å². The maximum Gasteiger partial charge on any atom is 0.227 e. The summed E-state index contributed by atoms with van der Waals surface area (Å²) in [5, 5.41) is 0. The van der Waals surface area contributed by atoms with E-state index in [1.807, 2.05) is 29.5 Å². The molecule has 1 aromatic heterocycles. The number of rotatable bonds is 1. The van der Waals surface area contributed by atoms with E-state index in [4.69, 9.17) is 4.42 Å². The minimum atomic E-state index is -0.251. The van der Waals surface area contributed by atoms with Crippen molar-refractivity contribution < 1.29 is 8.81 Å². The van der Waals surface area contributed by atoms with Crippen molar-refractivity contribution in [2.45, 2.75) is 6.92 Å². The molecule has 0 saturated carbocycles. The second-order valence-corrected chi connectivity index (χ2v) is 3.96. The van der Waals surface area contributed by atoms with E-state index in [-0.39, 0.29) is 5.82 Å². The highest BCUT2D eigenvalue weighted by atomic mass is 127. The Morgan fingerprint density at radius 2 is 2.21 bits per heavy atom. The summed E-state index contributed by atoms with van der Waals surface area (Å²) in [5.41, 5.74) is 0.693. The summed E-state index contributed by atoms with van der Waals surface area (Å²) in [6.07, 6.45) is 1.62. The van der Waals surface area contributed by atoms with Gasteiger partial charge >= 0.3 is 0 Å². The summed E-state index contributed by atoms with van der Waals surface area (Å²) < 4.78 is 19.1. The molecule has 0 amide bonds. The fraction of sp³-hybridized carbons (Fsp3) is 0.100. The van der Waals surface area contributed by atoms with Crippen LogP contribution < -0.4 is 0 Å². The van der Waals surface area contributed by atoms with Crippen molar-refractivity contribution in [1.82, 2.24) is 4.98 Å². The molecule has 0 aliphatic rings. The zero-order valence-electron chi connectivity index (χ0n) is 7.42. The maximum absolute atomic E-state index is 13.2. The van der Waals surface area contributed by atoms with E-state index >= 15 is 0 Å². The Labute approximate surface area is 94.3 Å². The Bertz CT molecular complexity index is 467. The average Bonchev–Trinajstić information content (AvgIpc) is 2.57. The predicted molar refractivity (Wildman–Crippen MR) is 59.4 cm³/mol. The number of benzene rings is 1. The third kappa shape index (κ3) is 1.66. The second-order valence-electron chi connectivity index (χ2n) is 2.88. The molecule has 0 aliphatic heterocycles. The van der Waals surface area contributed by atoms with Gasteiger partial charge in [0.25, 0.3) is 0 Å². The summed E-state index contributed by atoms with van der Waals surface area (Å²) >= 11 is 1.94. The number of hydrogen-bond donors (Lipinski definition) is 0. The summed E-state index contributed by atoms with van der Waals surface area (Å²) in [7, 11) is 0. The van der Waals surface area contributed by atoms with E-state index in [0.29, 0.717) is 15.0 Å². The largest absolute Gasteiger partial charge is 0.441 e. The number of halogens is 2. The van der Waals surface area contributed by atoms with Gasteiger partial charge in [-0.05, 0) is 41.6 Å². The molecule has 0 aliphatic carbocycles. The lowest BCUT2D eigenvalue weighted by molar-refractivity contribution is 0.540. The number of aryl methyl sites for hydroxylation is 1. The number of hydrogen-bond acceptors (Lipinski definition) is 2. The smallest absolute Gasteiger partial charge is 0.227 e. The highest BCUT2D eigenvalue weighted by Gasteiger charge is 2.11. The molecule has 2 aromatic rings. The fourth-order valence-corrected chi connectivity index (χ4v) is 1.74. The van der Waals surface area contributed by atoms with Gasteiger partial charge in [-0.15, -0.1) is 0 Å². The van der Waals surface area contributed by atoms with Crippen LogP contribution in [-0.4, -0.2) is 4.98 Å². The third-order valence-electron chi connectivity index (χ3n) is 1.80. The van der Waals surface area contributed by atoms with E-state index in [2.05, 4.69) is 4.98 Å². The van der Waals surface area contributed by atoms with Gasteiger partial charge in [0.1, 0.15) is 11.6 Å². The quantitative estimate of drug-likeness (QED) is 0.755. The molecule has 0 radical (unpaired) electrons. The first-order valence-electron chi connectivity index (χ1n) is 4.05. The molecular weight excluding hydrogens is 296 g/mol. The lowest BCUT2D eigenvalue weighted by Gasteiger charge is -1.99. The normalized spacial score (nSPS) is 10.5. The number of aromatic nitrogens is 1. The van der Waals surface area contributed by atoms with Gasteiger partial charge in [0.05, 0.1) is 15.3 Å². The lowest BCUT2D eigenvalue weighted by Crippen LogP contribution is -1.86. The number of oxazole rings is 1. The minimum absolute atomic E-state index is 0.251. The molecule has 1 aromatic carbocycles. The van der Waals surface area contributed by atoms with Crippen molar-refractivity contribution in [2.75, 3.05) is 0 Å². The van der Waals surface area contributed by atoms with Crippen LogP contribution in [0.1, 0.15) is 5.76 Å². The van der Waals surface area contributed by atoms with Crippen LogP contribution in [-0.2, 0) is 0 Å². The highest BCUT2D eigenvalue weighted by Crippen LogP contribution is 2.26. The Hall–Kier alpha value is -0.910. The third-order valence-corrected chi connectivity index (χ3v) is 2.90. The van der Waals surface area contributed by atoms with Gasteiger partial charge in [-0.2, -0.15) is 0 Å². The SMILES string of the molecule is Cc1cnc(-c2cccc(F)c2I)o1. The molecule has 2 nitrogen and oxygen atoms in total. The van der Waals surface area contributed by atoms with Gasteiger partial charge in [-0.1, -0.05) is 6.07 Å². The molecule has 0 bridgehead atoms. The highest BCUT2D eigenvalue weighted by molar-refractivity contribution is 14.1. The lowest BCUT2D eigenvalue weighted by atomic mass is 10.2. The van der Waals surface area contributed by atoms with Crippen molar-refractivity contribution in [3.63, 3.8) is 0 Å². The van der Waals surface area contributed by atoms with E-state index in [0.717, 1.165) is 5.76 Å². The molecule has 14 heavy (non-hydrogen) atoms. The first kappa shape index (κ1) is 9.64. The molecule has 4 heteroatoms. The van der Waals surface area contributed by atoms with Crippen molar-refractivity contribution in [3.8, 4) is 11.5 Å². The monoisotopic (exact) mass is 303 g/mol. The minimum Gasteiger partial charge on any atom is -0.441 e. The van der Waals surface area contributed by atoms with Crippen LogP contribution in [0.25, 0.3) is 11.5 Å². The van der Waals surface area contributed by atoms with Gasteiger partial charge in [-0.25, -0.2) is 9.37 Å². The van der Waals surface area contributed by atoms with Crippen molar-refractivity contribution in [3.05, 3.63) is 39.5 Å². The van der Waals surface area contributed by atoms with Gasteiger partial charge in [0.2, 0.25) is 5.89 Å². The summed E-state index contributed by atoms with van der Waals surface area (Å²) in [6.45, 7) is 1.81. The Morgan fingerprint density at radius 3 is 2.86 bits per heavy atom. The Morgan fingerprint density at radius 1 is 1.43 bits per heavy atom. The van der Waals surface area contributed by atoms with Crippen LogP contribution in [0.3, 0.4) is 0 Å². The average molecular weight is 303 g/mol. The van der Waals surface area contributed by atoms with Crippen LogP contribution in [0.2, 0.25) is 0 Å². The summed E-state index contributed by atoms with van der Waals surface area (Å²) in [5.74, 6) is 0.936. The molecule has 0 unspecified atom stereocenters. The van der Waals surface area contributed by atoms with Gasteiger partial charge in [-0.3, -0.25) is 0 Å². The molecule has 0 fully saturated rings. The van der Waals surface area contributed by atoms with Crippen LogP contribution in [0, 0.1) is 16.3 Å². The van der Waals surface area contributed by atoms with Gasteiger partial charge in [0, 0.05) is 0 Å². The standard InChI is InChI=1S/C10H7FINO/c1-6-5-13-10(14-6)7-3-2-4-8(11)9(7)12/h2-5H,1H3.